The Bertz CT molecular complexity index is 1810. The standard InChI is InChI=1S/C38H36F2N4O3.ClH/c1-2-42-22-24-43(25-23-42)35(45)26-33-32-14-8-9-15-34(32)44(21-20-38(33,39)40)37(47)28-16-18-29(19-17-28)41-36(46)31-13-7-6-12-30(31)27-10-4-3-5-11-27;/h3-19,26H,2,20-25H2,1H3,(H,41,46);1H. The molecule has 6 rings (SSSR count). The zero-order valence-electron chi connectivity index (χ0n) is 26.6. The Hall–Kier alpha value is -4.86. The van der Waals surface area contributed by atoms with Gasteiger partial charge >= 0.3 is 0 Å². The zero-order chi connectivity index (χ0) is 33.0. The van der Waals surface area contributed by atoms with E-state index in [4.69, 9.17) is 0 Å². The number of benzene rings is 4. The van der Waals surface area contributed by atoms with Crippen molar-refractivity contribution in [2.24, 2.45) is 0 Å². The van der Waals surface area contributed by atoms with Crippen LogP contribution in [0.5, 0.6) is 0 Å². The van der Waals surface area contributed by atoms with E-state index in [-0.39, 0.29) is 41.6 Å². The normalized spacial score (nSPS) is 16.8. The van der Waals surface area contributed by atoms with Crippen LogP contribution in [0.2, 0.25) is 0 Å². The van der Waals surface area contributed by atoms with Crippen LogP contribution in [-0.2, 0) is 4.79 Å². The van der Waals surface area contributed by atoms with Gasteiger partial charge < -0.3 is 20.0 Å². The number of fused-ring (bicyclic) bond motifs is 1. The van der Waals surface area contributed by atoms with E-state index in [1.165, 1.54) is 11.0 Å². The third-order valence-corrected chi connectivity index (χ3v) is 8.82. The quantitative estimate of drug-likeness (QED) is 0.219. The summed E-state index contributed by atoms with van der Waals surface area (Å²) in [4.78, 5) is 45.4. The van der Waals surface area contributed by atoms with Gasteiger partial charge in [-0.2, -0.15) is 0 Å². The molecular weight excluding hydrogens is 634 g/mol. The molecule has 4 aromatic rings. The Kier molecular flexibility index (Phi) is 10.7. The lowest BCUT2D eigenvalue weighted by atomic mass is 9.96. The van der Waals surface area contributed by atoms with E-state index < -0.39 is 24.2 Å². The Morgan fingerprint density at radius 2 is 1.40 bits per heavy atom. The molecule has 2 heterocycles. The highest BCUT2D eigenvalue weighted by Crippen LogP contribution is 2.43. The lowest BCUT2D eigenvalue weighted by Crippen LogP contribution is -2.48. The number of nitrogens with zero attached hydrogens (tertiary/aromatic N) is 3. The average molecular weight is 671 g/mol. The van der Waals surface area contributed by atoms with Crippen LogP contribution < -0.4 is 10.2 Å². The Balaban J connectivity index is 0.00000451. The highest BCUT2D eigenvalue weighted by Gasteiger charge is 2.41. The van der Waals surface area contributed by atoms with Gasteiger partial charge in [-0.25, -0.2) is 8.78 Å². The summed E-state index contributed by atoms with van der Waals surface area (Å²) in [6, 6.07) is 29.8. The number of anilines is 2. The fourth-order valence-corrected chi connectivity index (χ4v) is 6.14. The van der Waals surface area contributed by atoms with Crippen LogP contribution in [0.3, 0.4) is 0 Å². The van der Waals surface area contributed by atoms with E-state index in [0.717, 1.165) is 23.7 Å². The third kappa shape index (κ3) is 7.32. The third-order valence-electron chi connectivity index (χ3n) is 8.82. The summed E-state index contributed by atoms with van der Waals surface area (Å²) in [5.41, 5.74) is 3.09. The number of amides is 3. The second-order valence-corrected chi connectivity index (χ2v) is 11.7. The topological polar surface area (TPSA) is 73.0 Å². The van der Waals surface area contributed by atoms with Gasteiger partial charge in [-0.1, -0.05) is 73.7 Å². The SMILES string of the molecule is CCN1CCN(C(=O)C=C2c3ccccc3N(C(=O)c3ccc(NC(=O)c4ccccc4-c4ccccc4)cc3)CCC2(F)F)CC1.Cl. The second-order valence-electron chi connectivity index (χ2n) is 11.7. The van der Waals surface area contributed by atoms with E-state index in [1.54, 1.807) is 59.5 Å². The fraction of sp³-hybridized carbons (Fsp3) is 0.237. The van der Waals surface area contributed by atoms with E-state index in [2.05, 4.69) is 17.1 Å². The lowest BCUT2D eigenvalue weighted by molar-refractivity contribution is -0.127. The molecule has 0 radical (unpaired) electrons. The second kappa shape index (κ2) is 14.9. The van der Waals surface area contributed by atoms with Gasteiger partial charge in [0.2, 0.25) is 5.91 Å². The summed E-state index contributed by atoms with van der Waals surface area (Å²) in [7, 11) is 0. The number of carbonyl (C=O) groups excluding carboxylic acids is 3. The molecule has 1 N–H and O–H groups in total. The van der Waals surface area contributed by atoms with Crippen molar-refractivity contribution in [2.75, 3.05) is 49.5 Å². The van der Waals surface area contributed by atoms with E-state index >= 15 is 8.78 Å². The molecule has 0 bridgehead atoms. The maximum atomic E-state index is 15.7. The number of piperazine rings is 1. The Morgan fingerprint density at radius 3 is 2.08 bits per heavy atom. The maximum absolute atomic E-state index is 15.7. The number of alkyl halides is 2. The minimum atomic E-state index is -3.32. The highest BCUT2D eigenvalue weighted by atomic mass is 35.5. The molecule has 2 aliphatic rings. The monoisotopic (exact) mass is 670 g/mol. The summed E-state index contributed by atoms with van der Waals surface area (Å²) >= 11 is 0. The first-order valence-electron chi connectivity index (χ1n) is 15.8. The fourth-order valence-electron chi connectivity index (χ4n) is 6.14. The van der Waals surface area contributed by atoms with Crippen LogP contribution in [0.1, 0.15) is 39.6 Å². The van der Waals surface area contributed by atoms with Gasteiger partial charge in [0.25, 0.3) is 17.7 Å². The predicted octanol–water partition coefficient (Wildman–Crippen LogP) is 7.26. The molecule has 0 atom stereocenters. The Morgan fingerprint density at radius 1 is 0.771 bits per heavy atom. The number of hydrogen-bond acceptors (Lipinski definition) is 4. The van der Waals surface area contributed by atoms with Crippen LogP contribution in [0.15, 0.2) is 109 Å². The van der Waals surface area contributed by atoms with Crippen LogP contribution in [-0.4, -0.2) is 72.7 Å². The summed E-state index contributed by atoms with van der Waals surface area (Å²) in [6.45, 7) is 5.04. The van der Waals surface area contributed by atoms with Gasteiger partial charge in [-0.3, -0.25) is 14.4 Å². The minimum Gasteiger partial charge on any atom is -0.337 e. The Labute approximate surface area is 285 Å². The van der Waals surface area contributed by atoms with Gasteiger partial charge in [0, 0.05) is 73.2 Å². The molecule has 0 spiro atoms. The van der Waals surface area contributed by atoms with Crippen molar-refractivity contribution < 1.29 is 23.2 Å². The van der Waals surface area contributed by atoms with Gasteiger partial charge in [0.05, 0.1) is 5.69 Å². The number of rotatable bonds is 6. The first-order chi connectivity index (χ1) is 22.7. The number of nitrogens with one attached hydrogen (secondary N) is 1. The molecule has 1 fully saturated rings. The van der Waals surface area contributed by atoms with E-state index in [9.17, 15) is 14.4 Å². The molecule has 1 saturated heterocycles. The van der Waals surface area contributed by atoms with Crippen molar-refractivity contribution >= 4 is 47.1 Å². The molecule has 0 aromatic heterocycles. The van der Waals surface area contributed by atoms with Gasteiger partial charge in [-0.05, 0) is 54.1 Å². The smallest absolute Gasteiger partial charge is 0.275 e. The number of halogens is 3. The van der Waals surface area contributed by atoms with Crippen LogP contribution in [0, 0.1) is 0 Å². The van der Waals surface area contributed by atoms with Crippen LogP contribution in [0.4, 0.5) is 20.2 Å². The van der Waals surface area contributed by atoms with Crippen molar-refractivity contribution in [1.82, 2.24) is 9.80 Å². The number of allylic oxidation sites excluding steroid dienone is 1. The van der Waals surface area contributed by atoms with Gasteiger partial charge in [0.1, 0.15) is 0 Å². The van der Waals surface area contributed by atoms with Crippen molar-refractivity contribution in [3.05, 3.63) is 126 Å². The summed E-state index contributed by atoms with van der Waals surface area (Å²) in [5, 5.41) is 2.90. The van der Waals surface area contributed by atoms with Crippen LogP contribution in [0.25, 0.3) is 16.7 Å². The molecule has 0 saturated carbocycles. The van der Waals surface area contributed by atoms with Gasteiger partial charge in [0.15, 0.2) is 0 Å². The van der Waals surface area contributed by atoms with E-state index in [1.807, 2.05) is 42.5 Å². The molecular formula is C38H37ClF2N4O3. The summed E-state index contributed by atoms with van der Waals surface area (Å²) in [5.74, 6) is -4.53. The first kappa shape index (κ1) is 34.5. The summed E-state index contributed by atoms with van der Waals surface area (Å²) in [6.07, 6.45) is 0.424. The van der Waals surface area contributed by atoms with Crippen molar-refractivity contribution in [1.29, 1.82) is 0 Å². The minimum absolute atomic E-state index is 0. The molecule has 4 aromatic carbocycles. The average Bonchev–Trinajstić information content (AvgIpc) is 3.22. The molecule has 248 valence electrons. The molecule has 0 unspecified atom stereocenters. The first-order valence-corrected chi connectivity index (χ1v) is 15.8. The number of para-hydroxylation sites is 1. The molecule has 0 aliphatic carbocycles. The summed E-state index contributed by atoms with van der Waals surface area (Å²) < 4.78 is 31.4. The molecule has 2 aliphatic heterocycles. The van der Waals surface area contributed by atoms with Gasteiger partial charge in [-0.15, -0.1) is 12.4 Å². The molecule has 48 heavy (non-hydrogen) atoms. The van der Waals surface area contributed by atoms with Crippen molar-refractivity contribution in [3.63, 3.8) is 0 Å². The molecule has 3 amide bonds. The lowest BCUT2D eigenvalue weighted by Gasteiger charge is -2.33. The largest absolute Gasteiger partial charge is 0.337 e. The molecule has 7 nitrogen and oxygen atoms in total. The maximum Gasteiger partial charge on any atom is 0.275 e. The van der Waals surface area contributed by atoms with Crippen LogP contribution >= 0.6 is 12.4 Å². The number of likely N-dealkylation sites (N-methyl/N-ethyl adjacent to an activating group) is 1. The highest BCUT2D eigenvalue weighted by molar-refractivity contribution is 6.11. The molecule has 10 heteroatoms. The van der Waals surface area contributed by atoms with Crippen molar-refractivity contribution in [2.45, 2.75) is 19.3 Å². The number of carbonyl (C=O) groups is 3. The van der Waals surface area contributed by atoms with E-state index in [0.29, 0.717) is 43.1 Å². The number of hydrogen-bond donors (Lipinski definition) is 1. The van der Waals surface area contributed by atoms with Crippen molar-refractivity contribution in [3.8, 4) is 11.1 Å². The predicted molar refractivity (Wildman–Crippen MR) is 188 cm³/mol. The zero-order valence-corrected chi connectivity index (χ0v) is 27.4.